The number of aromatic nitrogens is 1. The van der Waals surface area contributed by atoms with E-state index in [1.807, 2.05) is 12.4 Å². The van der Waals surface area contributed by atoms with Crippen molar-refractivity contribution in [2.75, 3.05) is 26.2 Å². The third-order valence-electron chi connectivity index (χ3n) is 5.22. The standard InChI is InChI=1S/C22H25N3/c1-2-9-21-18(5-1)6-3-7-19(21)8-4-15-25-16-14-24-17-22(25)20-10-12-23-13-11-20/h1-3,5-7,9-13,22,24H,4,8,14-17H2. The van der Waals surface area contributed by atoms with Gasteiger partial charge in [0, 0.05) is 38.1 Å². The van der Waals surface area contributed by atoms with Gasteiger partial charge >= 0.3 is 0 Å². The fraction of sp³-hybridized carbons (Fsp3) is 0.318. The summed E-state index contributed by atoms with van der Waals surface area (Å²) in [6.45, 7) is 4.36. The number of piperazine rings is 1. The molecule has 4 rings (SSSR count). The molecule has 1 saturated heterocycles. The summed E-state index contributed by atoms with van der Waals surface area (Å²) in [4.78, 5) is 6.78. The van der Waals surface area contributed by atoms with Crippen molar-refractivity contribution in [3.8, 4) is 0 Å². The van der Waals surface area contributed by atoms with E-state index in [4.69, 9.17) is 0 Å². The topological polar surface area (TPSA) is 28.2 Å². The van der Waals surface area contributed by atoms with E-state index in [2.05, 4.69) is 69.8 Å². The molecule has 128 valence electrons. The average Bonchev–Trinajstić information content (AvgIpc) is 2.69. The van der Waals surface area contributed by atoms with Gasteiger partial charge in [-0.05, 0) is 53.4 Å². The molecule has 1 fully saturated rings. The minimum atomic E-state index is 0.462. The molecule has 1 aliphatic rings. The maximum Gasteiger partial charge on any atom is 0.0474 e. The average molecular weight is 331 g/mol. The normalized spacial score (nSPS) is 18.5. The molecule has 0 aliphatic carbocycles. The van der Waals surface area contributed by atoms with Crippen molar-refractivity contribution in [1.29, 1.82) is 0 Å². The Morgan fingerprint density at radius 3 is 2.76 bits per heavy atom. The first-order valence-corrected chi connectivity index (χ1v) is 9.23. The number of pyridine rings is 1. The van der Waals surface area contributed by atoms with Crippen molar-refractivity contribution in [3.63, 3.8) is 0 Å². The summed E-state index contributed by atoms with van der Waals surface area (Å²) in [5.74, 6) is 0. The molecule has 2 aromatic carbocycles. The molecule has 3 aromatic rings. The van der Waals surface area contributed by atoms with Gasteiger partial charge in [-0.25, -0.2) is 0 Å². The van der Waals surface area contributed by atoms with Crippen LogP contribution in [-0.2, 0) is 6.42 Å². The molecule has 1 aliphatic heterocycles. The summed E-state index contributed by atoms with van der Waals surface area (Å²) >= 11 is 0. The second-order valence-corrected chi connectivity index (χ2v) is 6.78. The molecule has 0 saturated carbocycles. The lowest BCUT2D eigenvalue weighted by atomic mass is 10.00. The molecule has 0 spiro atoms. The Kier molecular flexibility index (Phi) is 5.05. The predicted molar refractivity (Wildman–Crippen MR) is 104 cm³/mol. The summed E-state index contributed by atoms with van der Waals surface area (Å²) in [5.41, 5.74) is 2.83. The number of aryl methyl sites for hydroxylation is 1. The highest BCUT2D eigenvalue weighted by Crippen LogP contribution is 2.23. The molecule has 1 aromatic heterocycles. The van der Waals surface area contributed by atoms with Gasteiger partial charge in [0.2, 0.25) is 0 Å². The number of hydrogen-bond acceptors (Lipinski definition) is 3. The lowest BCUT2D eigenvalue weighted by Gasteiger charge is -2.36. The molecule has 3 heteroatoms. The number of benzene rings is 2. The van der Waals surface area contributed by atoms with Crippen molar-refractivity contribution in [2.45, 2.75) is 18.9 Å². The van der Waals surface area contributed by atoms with E-state index in [9.17, 15) is 0 Å². The molecule has 0 radical (unpaired) electrons. The van der Waals surface area contributed by atoms with Gasteiger partial charge in [-0.3, -0.25) is 9.88 Å². The minimum Gasteiger partial charge on any atom is -0.314 e. The third kappa shape index (κ3) is 3.73. The predicted octanol–water partition coefficient (Wildman–Crippen LogP) is 3.81. The van der Waals surface area contributed by atoms with Crippen LogP contribution in [0, 0.1) is 0 Å². The van der Waals surface area contributed by atoms with Gasteiger partial charge in [-0.15, -0.1) is 0 Å². The quantitative estimate of drug-likeness (QED) is 0.770. The summed E-state index contributed by atoms with van der Waals surface area (Å²) in [6, 6.07) is 20.1. The monoisotopic (exact) mass is 331 g/mol. The van der Waals surface area contributed by atoms with Crippen molar-refractivity contribution < 1.29 is 0 Å². The van der Waals surface area contributed by atoms with Gasteiger partial charge in [-0.2, -0.15) is 0 Å². The summed E-state index contributed by atoms with van der Waals surface area (Å²) < 4.78 is 0. The molecule has 3 nitrogen and oxygen atoms in total. The van der Waals surface area contributed by atoms with Crippen LogP contribution in [0.15, 0.2) is 67.0 Å². The number of nitrogens with zero attached hydrogens (tertiary/aromatic N) is 2. The van der Waals surface area contributed by atoms with Crippen LogP contribution in [0.2, 0.25) is 0 Å². The van der Waals surface area contributed by atoms with Crippen LogP contribution in [0.1, 0.15) is 23.6 Å². The van der Waals surface area contributed by atoms with Crippen LogP contribution in [0.4, 0.5) is 0 Å². The second kappa shape index (κ2) is 7.77. The summed E-state index contributed by atoms with van der Waals surface area (Å²) in [5, 5.41) is 6.28. The SMILES string of the molecule is c1ccc2c(CCCN3CCNCC3c3ccncc3)cccc2c1. The van der Waals surface area contributed by atoms with Crippen molar-refractivity contribution in [3.05, 3.63) is 78.1 Å². The summed E-state index contributed by atoms with van der Waals surface area (Å²) in [7, 11) is 0. The first kappa shape index (κ1) is 16.2. The van der Waals surface area contributed by atoms with Crippen LogP contribution in [0.25, 0.3) is 10.8 Å². The van der Waals surface area contributed by atoms with Crippen LogP contribution >= 0.6 is 0 Å². The van der Waals surface area contributed by atoms with Gasteiger partial charge in [0.1, 0.15) is 0 Å². The zero-order valence-corrected chi connectivity index (χ0v) is 14.6. The van der Waals surface area contributed by atoms with Gasteiger partial charge < -0.3 is 5.32 Å². The van der Waals surface area contributed by atoms with Crippen LogP contribution in [0.5, 0.6) is 0 Å². The number of fused-ring (bicyclic) bond motifs is 1. The molecular weight excluding hydrogens is 306 g/mol. The second-order valence-electron chi connectivity index (χ2n) is 6.78. The maximum atomic E-state index is 4.16. The van der Waals surface area contributed by atoms with Gasteiger partial charge in [-0.1, -0.05) is 42.5 Å². The molecule has 1 atom stereocenters. The highest BCUT2D eigenvalue weighted by Gasteiger charge is 2.23. The highest BCUT2D eigenvalue weighted by molar-refractivity contribution is 5.85. The Morgan fingerprint density at radius 2 is 1.84 bits per heavy atom. The fourth-order valence-corrected chi connectivity index (χ4v) is 3.91. The van der Waals surface area contributed by atoms with E-state index in [0.717, 1.165) is 32.6 Å². The van der Waals surface area contributed by atoms with Crippen LogP contribution < -0.4 is 5.32 Å². The smallest absolute Gasteiger partial charge is 0.0474 e. The first-order chi connectivity index (χ1) is 12.4. The highest BCUT2D eigenvalue weighted by atomic mass is 15.2. The third-order valence-corrected chi connectivity index (χ3v) is 5.22. The van der Waals surface area contributed by atoms with E-state index in [-0.39, 0.29) is 0 Å². The molecule has 1 unspecified atom stereocenters. The van der Waals surface area contributed by atoms with Crippen molar-refractivity contribution >= 4 is 10.8 Å². The first-order valence-electron chi connectivity index (χ1n) is 9.23. The molecular formula is C22H25N3. The lowest BCUT2D eigenvalue weighted by Crippen LogP contribution is -2.46. The van der Waals surface area contributed by atoms with E-state index in [1.54, 1.807) is 0 Å². The van der Waals surface area contributed by atoms with Crippen molar-refractivity contribution in [2.24, 2.45) is 0 Å². The van der Waals surface area contributed by atoms with E-state index in [1.165, 1.54) is 28.3 Å². The van der Waals surface area contributed by atoms with Gasteiger partial charge in [0.05, 0.1) is 0 Å². The van der Waals surface area contributed by atoms with Gasteiger partial charge in [0.15, 0.2) is 0 Å². The fourth-order valence-electron chi connectivity index (χ4n) is 3.91. The molecule has 0 bridgehead atoms. The Labute approximate surface area is 149 Å². The Hall–Kier alpha value is -2.23. The molecule has 25 heavy (non-hydrogen) atoms. The Balaban J connectivity index is 1.43. The molecule has 2 heterocycles. The van der Waals surface area contributed by atoms with E-state index >= 15 is 0 Å². The largest absolute Gasteiger partial charge is 0.314 e. The summed E-state index contributed by atoms with van der Waals surface area (Å²) in [6.07, 6.45) is 6.13. The van der Waals surface area contributed by atoms with E-state index in [0.29, 0.717) is 6.04 Å². The zero-order valence-electron chi connectivity index (χ0n) is 14.6. The Morgan fingerprint density at radius 1 is 1.00 bits per heavy atom. The number of nitrogens with one attached hydrogen (secondary N) is 1. The minimum absolute atomic E-state index is 0.462. The maximum absolute atomic E-state index is 4.16. The lowest BCUT2D eigenvalue weighted by molar-refractivity contribution is 0.160. The number of rotatable bonds is 5. The molecule has 0 amide bonds. The Bertz CT molecular complexity index is 810. The van der Waals surface area contributed by atoms with Crippen molar-refractivity contribution in [1.82, 2.24) is 15.2 Å². The zero-order chi connectivity index (χ0) is 16.9. The van der Waals surface area contributed by atoms with Crippen LogP contribution in [0.3, 0.4) is 0 Å². The van der Waals surface area contributed by atoms with E-state index < -0.39 is 0 Å². The number of hydrogen-bond donors (Lipinski definition) is 1. The van der Waals surface area contributed by atoms with Crippen LogP contribution in [-0.4, -0.2) is 36.1 Å². The van der Waals surface area contributed by atoms with Gasteiger partial charge in [0.25, 0.3) is 0 Å². The molecule has 1 N–H and O–H groups in total.